The summed E-state index contributed by atoms with van der Waals surface area (Å²) in [7, 11) is 0. The Balaban J connectivity index is 1.31. The Bertz CT molecular complexity index is 1280. The van der Waals surface area contributed by atoms with Crippen LogP contribution in [0.1, 0.15) is 44.4 Å². The fourth-order valence-electron chi connectivity index (χ4n) is 7.34. The third-order valence-corrected chi connectivity index (χ3v) is 8.57. The van der Waals surface area contributed by atoms with Crippen LogP contribution in [0.25, 0.3) is 17.0 Å². The van der Waals surface area contributed by atoms with Gasteiger partial charge in [0.2, 0.25) is 5.95 Å². The van der Waals surface area contributed by atoms with E-state index in [0.717, 1.165) is 32.1 Å². The van der Waals surface area contributed by atoms with E-state index in [1.165, 1.54) is 4.57 Å². The Morgan fingerprint density at radius 3 is 2.50 bits per heavy atom. The Hall–Kier alpha value is -2.85. The van der Waals surface area contributed by atoms with Crippen molar-refractivity contribution in [2.24, 2.45) is 17.8 Å². The van der Waals surface area contributed by atoms with E-state index < -0.39 is 12.0 Å². The Kier molecular flexibility index (Phi) is 5.18. The highest BCUT2D eigenvalue weighted by molar-refractivity contribution is 5.77. The fraction of sp³-hybridized carbons (Fsp3) is 0.577. The minimum atomic E-state index is -2.77. The summed E-state index contributed by atoms with van der Waals surface area (Å²) in [5.74, 6) is 2.51. The molecular weight excluding hydrogens is 466 g/mol. The molecule has 5 aliphatic rings. The lowest BCUT2D eigenvalue weighted by Crippen LogP contribution is -2.59. The van der Waals surface area contributed by atoms with Gasteiger partial charge in [0.1, 0.15) is 11.6 Å². The molecule has 1 aliphatic heterocycles. The first-order valence-electron chi connectivity index (χ1n) is 12.9. The van der Waals surface area contributed by atoms with E-state index >= 15 is 0 Å². The first-order chi connectivity index (χ1) is 17.5. The molecule has 8 nitrogen and oxygen atoms in total. The molecule has 2 aromatic heterocycles. The maximum atomic E-state index is 14.1. The number of aliphatic hydroxyl groups is 1. The number of halogens is 2. The van der Waals surface area contributed by atoms with Gasteiger partial charge in [0.05, 0.1) is 29.8 Å². The van der Waals surface area contributed by atoms with Crippen molar-refractivity contribution in [1.82, 2.24) is 19.5 Å². The van der Waals surface area contributed by atoms with Crippen LogP contribution in [0.4, 0.5) is 20.4 Å². The normalized spacial score (nSPS) is 31.5. The number of anilines is 2. The fourth-order valence-corrected chi connectivity index (χ4v) is 7.34. The number of morpholine rings is 1. The van der Waals surface area contributed by atoms with Crippen molar-refractivity contribution in [2.75, 3.05) is 36.5 Å². The van der Waals surface area contributed by atoms with Gasteiger partial charge < -0.3 is 20.1 Å². The van der Waals surface area contributed by atoms with Crippen molar-refractivity contribution in [1.29, 1.82) is 0 Å². The van der Waals surface area contributed by atoms with Crippen LogP contribution < -0.4 is 10.2 Å². The molecular formula is C26H30F2N6O2. The zero-order chi connectivity index (χ0) is 24.4. The van der Waals surface area contributed by atoms with Crippen LogP contribution in [0.3, 0.4) is 0 Å². The Labute approximate surface area is 207 Å². The van der Waals surface area contributed by atoms with Crippen LogP contribution >= 0.6 is 0 Å². The van der Waals surface area contributed by atoms with Crippen LogP contribution in [-0.2, 0) is 4.74 Å². The molecule has 3 heterocycles. The van der Waals surface area contributed by atoms with Crippen molar-refractivity contribution in [3.63, 3.8) is 0 Å². The SMILES string of the molecule is O[C@]12CC3C[C@H](C1)[C@@H](Nc1cc(N4CCOCC4)nc(-n4c(C(F)F)nc5ccccc54)n1)[C@@H](C3)C2. The number of aromatic nitrogens is 4. The molecule has 4 bridgehead atoms. The van der Waals surface area contributed by atoms with Gasteiger partial charge in [-0.15, -0.1) is 0 Å². The van der Waals surface area contributed by atoms with Crippen LogP contribution in [0, 0.1) is 17.8 Å². The molecule has 3 aromatic rings. The highest BCUT2D eigenvalue weighted by Gasteiger charge is 2.54. The van der Waals surface area contributed by atoms with Crippen LogP contribution in [-0.4, -0.2) is 62.6 Å². The van der Waals surface area contributed by atoms with Gasteiger partial charge >= 0.3 is 0 Å². The standard InChI is InChI=1S/C26H30F2N6O2/c27-23(28)24-29-18-3-1-2-4-19(18)34(24)25-31-20(11-21(32-25)33-5-7-36-8-6-33)30-22-16-9-15-10-17(22)14-26(35,12-15)13-16/h1-4,11,15-17,22-23,35H,5-10,12-14H2,(H,30,31,32)/t15?,16-,17+,22-,26-. The highest BCUT2D eigenvalue weighted by atomic mass is 19.3. The molecule has 4 saturated carbocycles. The van der Waals surface area contributed by atoms with Gasteiger partial charge in [-0.2, -0.15) is 9.97 Å². The third-order valence-electron chi connectivity index (χ3n) is 8.57. The molecule has 10 heteroatoms. The number of nitrogens with one attached hydrogen (secondary N) is 1. The smallest absolute Gasteiger partial charge is 0.296 e. The number of nitrogens with zero attached hydrogens (tertiary/aromatic N) is 5. The van der Waals surface area contributed by atoms with Crippen molar-refractivity contribution in [3.8, 4) is 5.95 Å². The summed E-state index contributed by atoms with van der Waals surface area (Å²) in [6.07, 6.45) is 2.02. The molecule has 5 atom stereocenters. The van der Waals surface area contributed by atoms with Gasteiger partial charge in [0, 0.05) is 25.2 Å². The van der Waals surface area contributed by atoms with Gasteiger partial charge in [-0.1, -0.05) is 12.1 Å². The molecule has 1 saturated heterocycles. The average molecular weight is 497 g/mol. The lowest BCUT2D eigenvalue weighted by Gasteiger charge is -2.58. The van der Waals surface area contributed by atoms with E-state index in [1.54, 1.807) is 24.3 Å². The number of hydrogen-bond acceptors (Lipinski definition) is 7. The first-order valence-corrected chi connectivity index (χ1v) is 12.9. The monoisotopic (exact) mass is 496 g/mol. The second kappa shape index (κ2) is 8.34. The second-order valence-electron chi connectivity index (χ2n) is 11.0. The van der Waals surface area contributed by atoms with E-state index in [-0.39, 0.29) is 17.8 Å². The molecule has 1 aromatic carbocycles. The van der Waals surface area contributed by atoms with Gasteiger partial charge in [0.25, 0.3) is 6.43 Å². The van der Waals surface area contributed by atoms with Gasteiger partial charge in [-0.05, 0) is 62.0 Å². The summed E-state index contributed by atoms with van der Waals surface area (Å²) in [6, 6.07) is 9.21. The number of benzene rings is 1. The van der Waals surface area contributed by atoms with Crippen LogP contribution in [0.5, 0.6) is 0 Å². The molecule has 5 fully saturated rings. The van der Waals surface area contributed by atoms with Crippen molar-refractivity contribution < 1.29 is 18.6 Å². The summed E-state index contributed by atoms with van der Waals surface area (Å²) >= 11 is 0. The van der Waals surface area contributed by atoms with E-state index in [0.29, 0.717) is 66.7 Å². The largest absolute Gasteiger partial charge is 0.390 e. The predicted octanol–water partition coefficient (Wildman–Crippen LogP) is 3.94. The summed E-state index contributed by atoms with van der Waals surface area (Å²) < 4.78 is 35.1. The zero-order valence-corrected chi connectivity index (χ0v) is 20.0. The molecule has 36 heavy (non-hydrogen) atoms. The average Bonchev–Trinajstić information content (AvgIpc) is 3.26. The summed E-state index contributed by atoms with van der Waals surface area (Å²) in [4.78, 5) is 15.8. The van der Waals surface area contributed by atoms with Crippen molar-refractivity contribution in [3.05, 3.63) is 36.2 Å². The molecule has 0 radical (unpaired) electrons. The molecule has 2 N–H and O–H groups in total. The number of ether oxygens (including phenoxy) is 1. The lowest BCUT2D eigenvalue weighted by atomic mass is 9.52. The topological polar surface area (TPSA) is 88.3 Å². The number of alkyl halides is 2. The van der Waals surface area contributed by atoms with Crippen LogP contribution in [0.2, 0.25) is 0 Å². The van der Waals surface area contributed by atoms with Gasteiger partial charge in [-0.3, -0.25) is 4.57 Å². The zero-order valence-electron chi connectivity index (χ0n) is 20.0. The quantitative estimate of drug-likeness (QED) is 0.553. The summed E-state index contributed by atoms with van der Waals surface area (Å²) in [6.45, 7) is 2.52. The van der Waals surface area contributed by atoms with Crippen molar-refractivity contribution in [2.45, 2.75) is 50.2 Å². The molecule has 0 amide bonds. The van der Waals surface area contributed by atoms with E-state index in [4.69, 9.17) is 14.7 Å². The third kappa shape index (κ3) is 3.73. The van der Waals surface area contributed by atoms with E-state index in [9.17, 15) is 13.9 Å². The Morgan fingerprint density at radius 1 is 1.03 bits per heavy atom. The maximum Gasteiger partial charge on any atom is 0.296 e. The minimum absolute atomic E-state index is 0.188. The number of fused-ring (bicyclic) bond motifs is 1. The van der Waals surface area contributed by atoms with E-state index in [1.807, 2.05) is 6.07 Å². The van der Waals surface area contributed by atoms with Gasteiger partial charge in [0.15, 0.2) is 5.82 Å². The van der Waals surface area contributed by atoms with Crippen molar-refractivity contribution >= 4 is 22.7 Å². The summed E-state index contributed by atoms with van der Waals surface area (Å²) in [5.41, 5.74) is 0.513. The highest BCUT2D eigenvalue weighted by Crippen LogP contribution is 2.56. The molecule has 4 aliphatic carbocycles. The lowest BCUT2D eigenvalue weighted by molar-refractivity contribution is -0.129. The Morgan fingerprint density at radius 2 is 1.78 bits per heavy atom. The molecule has 0 spiro atoms. The van der Waals surface area contributed by atoms with Crippen LogP contribution in [0.15, 0.2) is 30.3 Å². The molecule has 190 valence electrons. The second-order valence-corrected chi connectivity index (χ2v) is 11.0. The maximum absolute atomic E-state index is 14.1. The number of imidazole rings is 1. The summed E-state index contributed by atoms with van der Waals surface area (Å²) in [5, 5.41) is 14.7. The minimum Gasteiger partial charge on any atom is -0.390 e. The van der Waals surface area contributed by atoms with E-state index in [2.05, 4.69) is 15.2 Å². The number of rotatable bonds is 5. The molecule has 8 rings (SSSR count). The number of hydrogen-bond donors (Lipinski definition) is 2. The predicted molar refractivity (Wildman–Crippen MR) is 131 cm³/mol. The molecule has 1 unspecified atom stereocenters. The number of para-hydroxylation sites is 2. The van der Waals surface area contributed by atoms with Gasteiger partial charge in [-0.25, -0.2) is 13.8 Å². The first kappa shape index (κ1) is 22.4.